The maximum Gasteiger partial charge on any atom is 0.0948 e. The summed E-state index contributed by atoms with van der Waals surface area (Å²) >= 11 is 0. The van der Waals surface area contributed by atoms with Gasteiger partial charge in [-0.2, -0.15) is 0 Å². The van der Waals surface area contributed by atoms with Crippen molar-refractivity contribution >= 4 is 0 Å². The lowest BCUT2D eigenvalue weighted by Crippen LogP contribution is -2.06. The van der Waals surface area contributed by atoms with Crippen LogP contribution in [0.1, 0.15) is 58.8 Å². The third-order valence-corrected chi connectivity index (χ3v) is 2.66. The second kappa shape index (κ2) is 12.4. The molecular formula is C16H28O2. The van der Waals surface area contributed by atoms with Gasteiger partial charge in [0.05, 0.1) is 11.9 Å². The van der Waals surface area contributed by atoms with Gasteiger partial charge in [-0.25, -0.2) is 0 Å². The van der Waals surface area contributed by atoms with Crippen molar-refractivity contribution in [1.29, 1.82) is 0 Å². The molecule has 18 heavy (non-hydrogen) atoms. The standard InChI is InChI=1S/C16H28O2/c1-3-5-7-8-9-11-13-16(18)14-15(17)12-10-6-4-2/h6,8-10,12,16-18H,3-5,7,11,13-14H2,1-2H3/b9-8+,10-6+,15-12-. The lowest BCUT2D eigenvalue weighted by molar-refractivity contribution is 0.150. The van der Waals surface area contributed by atoms with Crippen molar-refractivity contribution in [2.75, 3.05) is 0 Å². The molecule has 2 nitrogen and oxygen atoms in total. The Bertz CT molecular complexity index is 264. The maximum atomic E-state index is 9.72. The molecule has 104 valence electrons. The first-order valence-corrected chi connectivity index (χ1v) is 7.08. The Hall–Kier alpha value is -1.02. The van der Waals surface area contributed by atoms with Crippen LogP contribution in [-0.2, 0) is 0 Å². The van der Waals surface area contributed by atoms with Crippen molar-refractivity contribution in [1.82, 2.24) is 0 Å². The fourth-order valence-electron chi connectivity index (χ4n) is 1.57. The summed E-state index contributed by atoms with van der Waals surface area (Å²) in [7, 11) is 0. The molecule has 0 aromatic heterocycles. The van der Waals surface area contributed by atoms with Gasteiger partial charge in [-0.15, -0.1) is 0 Å². The van der Waals surface area contributed by atoms with Crippen LogP contribution in [0.3, 0.4) is 0 Å². The molecule has 0 spiro atoms. The molecule has 1 unspecified atom stereocenters. The second-order valence-electron chi connectivity index (χ2n) is 4.54. The number of hydrogen-bond donors (Lipinski definition) is 2. The molecule has 0 bridgehead atoms. The molecule has 0 saturated carbocycles. The Labute approximate surface area is 112 Å². The predicted octanol–water partition coefficient (Wildman–Crippen LogP) is 4.67. The molecule has 2 heteroatoms. The molecule has 0 aromatic carbocycles. The maximum absolute atomic E-state index is 9.72. The molecular weight excluding hydrogens is 224 g/mol. The zero-order chi connectivity index (χ0) is 13.6. The third-order valence-electron chi connectivity index (χ3n) is 2.66. The number of aliphatic hydroxyl groups excluding tert-OH is 2. The molecule has 0 aliphatic heterocycles. The van der Waals surface area contributed by atoms with E-state index in [1.54, 1.807) is 6.08 Å². The zero-order valence-electron chi connectivity index (χ0n) is 11.8. The highest BCUT2D eigenvalue weighted by Gasteiger charge is 2.04. The lowest BCUT2D eigenvalue weighted by Gasteiger charge is -2.07. The van der Waals surface area contributed by atoms with Crippen LogP contribution in [0, 0.1) is 0 Å². The van der Waals surface area contributed by atoms with Gasteiger partial charge in [0.25, 0.3) is 0 Å². The van der Waals surface area contributed by atoms with Gasteiger partial charge < -0.3 is 10.2 Å². The summed E-state index contributed by atoms with van der Waals surface area (Å²) < 4.78 is 0. The van der Waals surface area contributed by atoms with Gasteiger partial charge >= 0.3 is 0 Å². The topological polar surface area (TPSA) is 40.5 Å². The minimum absolute atomic E-state index is 0.252. The summed E-state index contributed by atoms with van der Waals surface area (Å²) in [5, 5.41) is 19.3. The molecule has 1 atom stereocenters. The summed E-state index contributed by atoms with van der Waals surface area (Å²) in [4.78, 5) is 0. The Kier molecular flexibility index (Phi) is 11.7. The van der Waals surface area contributed by atoms with Crippen LogP contribution < -0.4 is 0 Å². The molecule has 0 heterocycles. The molecule has 0 aliphatic carbocycles. The van der Waals surface area contributed by atoms with Gasteiger partial charge in [0.2, 0.25) is 0 Å². The molecule has 2 N–H and O–H groups in total. The summed E-state index contributed by atoms with van der Waals surface area (Å²) in [6, 6.07) is 0. The number of allylic oxidation sites excluding steroid dienone is 5. The second-order valence-corrected chi connectivity index (χ2v) is 4.54. The summed E-state index contributed by atoms with van der Waals surface area (Å²) in [5.74, 6) is 0.252. The predicted molar refractivity (Wildman–Crippen MR) is 78.7 cm³/mol. The number of unbranched alkanes of at least 4 members (excludes halogenated alkanes) is 2. The molecule has 0 fully saturated rings. The highest BCUT2D eigenvalue weighted by molar-refractivity contribution is 5.07. The van der Waals surface area contributed by atoms with Gasteiger partial charge in [-0.1, -0.05) is 51.0 Å². The SMILES string of the molecule is CC/C=C/C=C(\O)CC(O)CC/C=C/CCCC. The van der Waals surface area contributed by atoms with Crippen LogP contribution in [0.2, 0.25) is 0 Å². The van der Waals surface area contributed by atoms with E-state index in [1.165, 1.54) is 12.8 Å². The van der Waals surface area contributed by atoms with Crippen LogP contribution in [0.4, 0.5) is 0 Å². The van der Waals surface area contributed by atoms with E-state index in [2.05, 4.69) is 19.1 Å². The molecule has 0 rings (SSSR count). The van der Waals surface area contributed by atoms with E-state index < -0.39 is 6.10 Å². The Morgan fingerprint density at radius 1 is 1.11 bits per heavy atom. The van der Waals surface area contributed by atoms with E-state index in [1.807, 2.05) is 19.1 Å². The van der Waals surface area contributed by atoms with Gasteiger partial charge in [0.1, 0.15) is 0 Å². The average molecular weight is 252 g/mol. The van der Waals surface area contributed by atoms with Crippen molar-refractivity contribution in [2.24, 2.45) is 0 Å². The van der Waals surface area contributed by atoms with E-state index in [4.69, 9.17) is 0 Å². The van der Waals surface area contributed by atoms with E-state index in [-0.39, 0.29) is 5.76 Å². The highest BCUT2D eigenvalue weighted by Crippen LogP contribution is 2.09. The van der Waals surface area contributed by atoms with Crippen molar-refractivity contribution < 1.29 is 10.2 Å². The van der Waals surface area contributed by atoms with Crippen LogP contribution in [-0.4, -0.2) is 16.3 Å². The van der Waals surface area contributed by atoms with Crippen molar-refractivity contribution in [3.63, 3.8) is 0 Å². The normalized spacial score (nSPS) is 14.7. The number of rotatable bonds is 10. The van der Waals surface area contributed by atoms with Crippen molar-refractivity contribution in [2.45, 2.75) is 64.9 Å². The quantitative estimate of drug-likeness (QED) is 0.257. The van der Waals surface area contributed by atoms with E-state index >= 15 is 0 Å². The third kappa shape index (κ3) is 11.5. The summed E-state index contributed by atoms with van der Waals surface area (Å²) in [6.07, 6.45) is 15.8. The molecule has 0 aliphatic rings. The fraction of sp³-hybridized carbons (Fsp3) is 0.625. The van der Waals surface area contributed by atoms with Gasteiger partial charge in [0.15, 0.2) is 0 Å². The average Bonchev–Trinajstić information content (AvgIpc) is 2.34. The molecule has 0 aromatic rings. The first-order chi connectivity index (χ1) is 8.70. The van der Waals surface area contributed by atoms with Crippen LogP contribution in [0.5, 0.6) is 0 Å². The first-order valence-electron chi connectivity index (χ1n) is 7.08. The Morgan fingerprint density at radius 3 is 2.50 bits per heavy atom. The van der Waals surface area contributed by atoms with Crippen LogP contribution in [0.25, 0.3) is 0 Å². The molecule has 0 amide bonds. The fourth-order valence-corrected chi connectivity index (χ4v) is 1.57. The van der Waals surface area contributed by atoms with Crippen LogP contribution in [0.15, 0.2) is 36.1 Å². The van der Waals surface area contributed by atoms with Crippen LogP contribution >= 0.6 is 0 Å². The molecule has 0 saturated heterocycles. The van der Waals surface area contributed by atoms with Crippen molar-refractivity contribution in [3.05, 3.63) is 36.1 Å². The van der Waals surface area contributed by atoms with E-state index in [0.717, 1.165) is 19.3 Å². The van der Waals surface area contributed by atoms with E-state index in [9.17, 15) is 10.2 Å². The number of hydrogen-bond acceptors (Lipinski definition) is 2. The highest BCUT2D eigenvalue weighted by atomic mass is 16.3. The van der Waals surface area contributed by atoms with Gasteiger partial charge in [0, 0.05) is 6.42 Å². The summed E-state index contributed by atoms with van der Waals surface area (Å²) in [6.45, 7) is 4.22. The minimum atomic E-state index is -0.452. The van der Waals surface area contributed by atoms with Gasteiger partial charge in [-0.05, 0) is 31.8 Å². The lowest BCUT2D eigenvalue weighted by atomic mass is 10.1. The van der Waals surface area contributed by atoms with E-state index in [0.29, 0.717) is 12.8 Å². The first kappa shape index (κ1) is 17.0. The monoisotopic (exact) mass is 252 g/mol. The minimum Gasteiger partial charge on any atom is -0.512 e. The smallest absolute Gasteiger partial charge is 0.0948 e. The Balaban J connectivity index is 3.70. The molecule has 0 radical (unpaired) electrons. The largest absolute Gasteiger partial charge is 0.512 e. The zero-order valence-corrected chi connectivity index (χ0v) is 11.8. The van der Waals surface area contributed by atoms with Crippen molar-refractivity contribution in [3.8, 4) is 0 Å². The Morgan fingerprint density at radius 2 is 1.83 bits per heavy atom. The summed E-state index contributed by atoms with van der Waals surface area (Å²) in [5.41, 5.74) is 0. The van der Waals surface area contributed by atoms with Gasteiger partial charge in [-0.3, -0.25) is 0 Å². The number of aliphatic hydroxyl groups is 2.